The largest absolute Gasteiger partial charge is 0.492 e. The standard InChI is InChI=1S/C21H25N3O5S/c1-4-15-7-10-19(29-12-11-23-30(3,26)27)18(13-15)20(21(25)28-2)24-17-8-5-16(14-22)6-9-17/h5-10,13,20,23-24H,4,11-12H2,1-3H3. The molecule has 0 aliphatic carbocycles. The van der Waals surface area contributed by atoms with Gasteiger partial charge in [-0.25, -0.2) is 17.9 Å². The summed E-state index contributed by atoms with van der Waals surface area (Å²) in [4.78, 5) is 12.6. The molecule has 1 unspecified atom stereocenters. The molecule has 0 aliphatic rings. The Hall–Kier alpha value is -3.09. The van der Waals surface area contributed by atoms with Crippen molar-refractivity contribution in [2.45, 2.75) is 19.4 Å². The Morgan fingerprint density at radius 2 is 1.90 bits per heavy atom. The molecule has 0 heterocycles. The third-order valence-corrected chi connectivity index (χ3v) is 5.01. The summed E-state index contributed by atoms with van der Waals surface area (Å²) in [6.45, 7) is 2.19. The molecule has 8 nitrogen and oxygen atoms in total. The molecule has 0 aliphatic heterocycles. The van der Waals surface area contributed by atoms with Crippen molar-refractivity contribution < 1.29 is 22.7 Å². The Labute approximate surface area is 176 Å². The van der Waals surface area contributed by atoms with Gasteiger partial charge in [-0.1, -0.05) is 13.0 Å². The van der Waals surface area contributed by atoms with Crippen LogP contribution in [0.1, 0.15) is 29.7 Å². The van der Waals surface area contributed by atoms with Gasteiger partial charge in [0.25, 0.3) is 0 Å². The molecule has 2 aromatic carbocycles. The van der Waals surface area contributed by atoms with Crippen LogP contribution in [0.15, 0.2) is 42.5 Å². The number of hydrogen-bond donors (Lipinski definition) is 2. The Morgan fingerprint density at radius 3 is 2.47 bits per heavy atom. The number of sulfonamides is 1. The number of benzene rings is 2. The zero-order valence-corrected chi connectivity index (χ0v) is 18.0. The molecule has 0 amide bonds. The molecule has 0 saturated carbocycles. The van der Waals surface area contributed by atoms with E-state index in [1.807, 2.05) is 25.1 Å². The van der Waals surface area contributed by atoms with Gasteiger partial charge in [-0.2, -0.15) is 5.26 Å². The lowest BCUT2D eigenvalue weighted by Crippen LogP contribution is -2.27. The molecule has 0 fully saturated rings. The topological polar surface area (TPSA) is 118 Å². The van der Waals surface area contributed by atoms with E-state index in [0.717, 1.165) is 18.2 Å². The summed E-state index contributed by atoms with van der Waals surface area (Å²) in [6, 6.07) is 13.4. The highest BCUT2D eigenvalue weighted by molar-refractivity contribution is 7.88. The minimum Gasteiger partial charge on any atom is -0.492 e. The molecule has 30 heavy (non-hydrogen) atoms. The van der Waals surface area contributed by atoms with Gasteiger partial charge in [0.05, 0.1) is 25.0 Å². The number of nitrogens with zero attached hydrogens (tertiary/aromatic N) is 1. The molecule has 0 spiro atoms. The van der Waals surface area contributed by atoms with E-state index in [0.29, 0.717) is 22.6 Å². The first-order chi connectivity index (χ1) is 14.3. The van der Waals surface area contributed by atoms with Crippen LogP contribution in [-0.4, -0.2) is 40.9 Å². The predicted molar refractivity (Wildman–Crippen MR) is 114 cm³/mol. The van der Waals surface area contributed by atoms with E-state index >= 15 is 0 Å². The molecule has 0 aromatic heterocycles. The smallest absolute Gasteiger partial charge is 0.333 e. The summed E-state index contributed by atoms with van der Waals surface area (Å²) in [5, 5.41) is 12.1. The van der Waals surface area contributed by atoms with Gasteiger partial charge < -0.3 is 14.8 Å². The monoisotopic (exact) mass is 431 g/mol. The van der Waals surface area contributed by atoms with Gasteiger partial charge in [-0.3, -0.25) is 0 Å². The zero-order valence-electron chi connectivity index (χ0n) is 17.1. The van der Waals surface area contributed by atoms with Gasteiger partial charge >= 0.3 is 5.97 Å². The second kappa shape index (κ2) is 10.6. The Kier molecular flexibility index (Phi) is 8.21. The van der Waals surface area contributed by atoms with Crippen LogP contribution in [0.3, 0.4) is 0 Å². The van der Waals surface area contributed by atoms with Gasteiger partial charge in [-0.15, -0.1) is 0 Å². The van der Waals surface area contributed by atoms with Crippen molar-refractivity contribution in [3.8, 4) is 11.8 Å². The van der Waals surface area contributed by atoms with Crippen LogP contribution in [0, 0.1) is 11.3 Å². The molecule has 2 N–H and O–H groups in total. The van der Waals surface area contributed by atoms with Crippen LogP contribution >= 0.6 is 0 Å². The average Bonchev–Trinajstić information content (AvgIpc) is 2.74. The molecule has 2 rings (SSSR count). The predicted octanol–water partition coefficient (Wildman–Crippen LogP) is 2.37. The van der Waals surface area contributed by atoms with Crippen molar-refractivity contribution >= 4 is 21.7 Å². The summed E-state index contributed by atoms with van der Waals surface area (Å²) < 4.78 is 35.5. The second-order valence-electron chi connectivity index (χ2n) is 6.53. The number of ether oxygens (including phenoxy) is 2. The van der Waals surface area contributed by atoms with E-state index in [-0.39, 0.29) is 13.2 Å². The Balaban J connectivity index is 2.32. The van der Waals surface area contributed by atoms with E-state index in [1.54, 1.807) is 30.3 Å². The van der Waals surface area contributed by atoms with E-state index < -0.39 is 22.0 Å². The summed E-state index contributed by atoms with van der Waals surface area (Å²) in [5.74, 6) is -0.0641. The molecule has 0 radical (unpaired) electrons. The maximum atomic E-state index is 12.6. The van der Waals surface area contributed by atoms with E-state index in [1.165, 1.54) is 7.11 Å². The number of esters is 1. The maximum absolute atomic E-state index is 12.6. The number of carbonyl (C=O) groups excluding carboxylic acids is 1. The number of carbonyl (C=O) groups is 1. The number of aryl methyl sites for hydroxylation is 1. The van der Waals surface area contributed by atoms with E-state index in [2.05, 4.69) is 10.0 Å². The number of nitrogens with one attached hydrogen (secondary N) is 2. The zero-order chi connectivity index (χ0) is 22.1. The minimum atomic E-state index is -3.32. The summed E-state index contributed by atoms with van der Waals surface area (Å²) in [6.07, 6.45) is 1.83. The van der Waals surface area contributed by atoms with Gasteiger partial charge in [0, 0.05) is 17.8 Å². The van der Waals surface area contributed by atoms with Gasteiger partial charge in [0.15, 0.2) is 6.04 Å². The fourth-order valence-electron chi connectivity index (χ4n) is 2.75. The highest BCUT2D eigenvalue weighted by Crippen LogP contribution is 2.30. The molecule has 160 valence electrons. The first kappa shape index (κ1) is 23.2. The van der Waals surface area contributed by atoms with E-state index in [4.69, 9.17) is 14.7 Å². The summed E-state index contributed by atoms with van der Waals surface area (Å²) in [7, 11) is -2.02. The fraction of sp³-hybridized carbons (Fsp3) is 0.333. The van der Waals surface area contributed by atoms with Gasteiger partial charge in [0.1, 0.15) is 12.4 Å². The number of nitriles is 1. The van der Waals surface area contributed by atoms with Gasteiger partial charge in [-0.05, 0) is 48.4 Å². The first-order valence-corrected chi connectivity index (χ1v) is 11.2. The molecular weight excluding hydrogens is 406 g/mol. The molecular formula is C21H25N3O5S. The van der Waals surface area contributed by atoms with Crippen molar-refractivity contribution in [2.24, 2.45) is 0 Å². The third kappa shape index (κ3) is 6.76. The number of hydrogen-bond acceptors (Lipinski definition) is 7. The number of rotatable bonds is 10. The van der Waals surface area contributed by atoms with Crippen LogP contribution in [0.25, 0.3) is 0 Å². The van der Waals surface area contributed by atoms with Crippen LogP contribution in [-0.2, 0) is 26.0 Å². The van der Waals surface area contributed by atoms with Crippen LogP contribution in [0.5, 0.6) is 5.75 Å². The highest BCUT2D eigenvalue weighted by atomic mass is 32.2. The fourth-order valence-corrected chi connectivity index (χ4v) is 3.21. The normalized spacial score (nSPS) is 11.9. The van der Waals surface area contributed by atoms with Crippen LogP contribution in [0.4, 0.5) is 5.69 Å². The molecule has 2 aromatic rings. The molecule has 9 heteroatoms. The van der Waals surface area contributed by atoms with Crippen molar-refractivity contribution in [3.63, 3.8) is 0 Å². The van der Waals surface area contributed by atoms with Crippen LogP contribution in [0.2, 0.25) is 0 Å². The molecule has 1 atom stereocenters. The first-order valence-electron chi connectivity index (χ1n) is 9.32. The third-order valence-electron chi connectivity index (χ3n) is 4.28. The highest BCUT2D eigenvalue weighted by Gasteiger charge is 2.25. The van der Waals surface area contributed by atoms with Crippen molar-refractivity contribution in [2.75, 3.05) is 31.8 Å². The van der Waals surface area contributed by atoms with Crippen molar-refractivity contribution in [3.05, 3.63) is 59.2 Å². The quantitative estimate of drug-likeness (QED) is 0.438. The van der Waals surface area contributed by atoms with Gasteiger partial charge in [0.2, 0.25) is 10.0 Å². The van der Waals surface area contributed by atoms with E-state index in [9.17, 15) is 13.2 Å². The molecule has 0 bridgehead atoms. The minimum absolute atomic E-state index is 0.0936. The lowest BCUT2D eigenvalue weighted by atomic mass is 10.0. The number of anilines is 1. The lowest BCUT2D eigenvalue weighted by molar-refractivity contribution is -0.141. The lowest BCUT2D eigenvalue weighted by Gasteiger charge is -2.22. The number of methoxy groups -OCH3 is 1. The average molecular weight is 432 g/mol. The van der Waals surface area contributed by atoms with Crippen molar-refractivity contribution in [1.82, 2.24) is 4.72 Å². The summed E-state index contributed by atoms with van der Waals surface area (Å²) in [5.41, 5.74) is 2.72. The summed E-state index contributed by atoms with van der Waals surface area (Å²) >= 11 is 0. The van der Waals surface area contributed by atoms with Crippen molar-refractivity contribution in [1.29, 1.82) is 5.26 Å². The SMILES string of the molecule is CCc1ccc(OCCNS(C)(=O)=O)c(C(Nc2ccc(C#N)cc2)C(=O)OC)c1. The Bertz CT molecular complexity index is 1010. The van der Waals surface area contributed by atoms with Crippen LogP contribution < -0.4 is 14.8 Å². The molecule has 0 saturated heterocycles. The second-order valence-corrected chi connectivity index (χ2v) is 8.36. The maximum Gasteiger partial charge on any atom is 0.333 e. The Morgan fingerprint density at radius 1 is 1.20 bits per heavy atom.